The van der Waals surface area contributed by atoms with Crippen molar-refractivity contribution < 1.29 is 9.50 Å². The van der Waals surface area contributed by atoms with Crippen LogP contribution in [-0.2, 0) is 0 Å². The van der Waals surface area contributed by atoms with Gasteiger partial charge in [-0.05, 0) is 38.3 Å². The average molecular weight is 360 g/mol. The molecule has 1 aliphatic heterocycles. The first kappa shape index (κ1) is 16.5. The van der Waals surface area contributed by atoms with Crippen molar-refractivity contribution in [3.05, 3.63) is 46.3 Å². The maximum Gasteiger partial charge on any atom is 0.230 e. The van der Waals surface area contributed by atoms with Crippen molar-refractivity contribution in [1.29, 1.82) is 0 Å². The summed E-state index contributed by atoms with van der Waals surface area (Å²) in [5, 5.41) is 15.0. The van der Waals surface area contributed by atoms with Crippen LogP contribution in [0, 0.1) is 18.7 Å². The smallest absolute Gasteiger partial charge is 0.230 e. The molecule has 1 fully saturated rings. The van der Waals surface area contributed by atoms with Gasteiger partial charge in [0.25, 0.3) is 0 Å². The maximum absolute atomic E-state index is 14.6. The molecule has 0 bridgehead atoms. The third-order valence-corrected chi connectivity index (χ3v) is 5.88. The molecule has 0 radical (unpaired) electrons. The minimum absolute atomic E-state index is 0.0621. The summed E-state index contributed by atoms with van der Waals surface area (Å²) in [6.07, 6.45) is 2.26. The third-order valence-electron chi connectivity index (χ3n) is 4.81. The van der Waals surface area contributed by atoms with Crippen LogP contribution in [0.25, 0.3) is 4.96 Å². The Morgan fingerprint density at radius 1 is 1.36 bits per heavy atom. The van der Waals surface area contributed by atoms with Crippen LogP contribution in [0.3, 0.4) is 0 Å². The van der Waals surface area contributed by atoms with Crippen LogP contribution in [0.15, 0.2) is 24.3 Å². The van der Waals surface area contributed by atoms with Gasteiger partial charge < -0.3 is 5.11 Å². The van der Waals surface area contributed by atoms with Crippen LogP contribution in [0.2, 0.25) is 0 Å². The zero-order chi connectivity index (χ0) is 17.6. The van der Waals surface area contributed by atoms with Crippen molar-refractivity contribution in [2.75, 3.05) is 13.1 Å². The van der Waals surface area contributed by atoms with Gasteiger partial charge in [0.1, 0.15) is 11.6 Å². The van der Waals surface area contributed by atoms with E-state index in [-0.39, 0.29) is 17.7 Å². The number of aromatic nitrogens is 3. The molecule has 1 aromatic carbocycles. The molecule has 2 atom stereocenters. The lowest BCUT2D eigenvalue weighted by atomic mass is 9.95. The number of hydrogen-bond acceptors (Lipinski definition) is 5. The molecule has 2 aromatic heterocycles. The highest BCUT2D eigenvalue weighted by Crippen LogP contribution is 2.41. The second-order valence-corrected chi connectivity index (χ2v) is 7.82. The molecular formula is C18H21FN4OS. The van der Waals surface area contributed by atoms with Crippen molar-refractivity contribution in [2.24, 2.45) is 5.92 Å². The number of halogens is 1. The van der Waals surface area contributed by atoms with Crippen LogP contribution < -0.4 is 0 Å². The number of fused-ring (bicyclic) bond motifs is 1. The normalized spacial score (nSPS) is 20.2. The summed E-state index contributed by atoms with van der Waals surface area (Å²) in [6.45, 7) is 5.77. The van der Waals surface area contributed by atoms with Crippen molar-refractivity contribution in [3.8, 4) is 5.88 Å². The molecule has 0 amide bonds. The minimum Gasteiger partial charge on any atom is -0.492 e. The van der Waals surface area contributed by atoms with Crippen molar-refractivity contribution in [1.82, 2.24) is 19.5 Å². The molecule has 4 rings (SSSR count). The van der Waals surface area contributed by atoms with Crippen molar-refractivity contribution >= 4 is 16.3 Å². The number of thiazole rings is 1. The van der Waals surface area contributed by atoms with Gasteiger partial charge in [0.2, 0.25) is 10.8 Å². The SMILES string of the molecule is Cc1nc2sc(C(c3ccccc3F)N3CCCC(C)C3)c(O)n2n1. The first-order chi connectivity index (χ1) is 12.0. The fourth-order valence-electron chi connectivity index (χ4n) is 3.69. The van der Waals surface area contributed by atoms with E-state index < -0.39 is 0 Å². The van der Waals surface area contributed by atoms with Crippen LogP contribution in [-0.4, -0.2) is 37.7 Å². The standard InChI is InChI=1S/C18H21FN4OS/c1-11-6-5-9-22(10-11)15(13-7-3-4-8-14(13)19)16-17(24)23-18(25-16)20-12(2)21-23/h3-4,7-8,11,15,24H,5-6,9-10H2,1-2H3. The molecule has 5 nitrogen and oxygen atoms in total. The number of hydrogen-bond donors (Lipinski definition) is 1. The Balaban J connectivity index is 1.85. The number of aryl methyl sites for hydroxylation is 1. The molecule has 3 aromatic rings. The highest BCUT2D eigenvalue weighted by atomic mass is 32.1. The second-order valence-electron chi connectivity index (χ2n) is 6.81. The number of nitrogens with zero attached hydrogens (tertiary/aromatic N) is 4. The zero-order valence-corrected chi connectivity index (χ0v) is 15.1. The molecule has 1 aliphatic rings. The summed E-state index contributed by atoms with van der Waals surface area (Å²) in [5.74, 6) is 0.976. The monoisotopic (exact) mass is 360 g/mol. The highest BCUT2D eigenvalue weighted by molar-refractivity contribution is 7.17. The topological polar surface area (TPSA) is 53.7 Å². The van der Waals surface area contributed by atoms with E-state index in [1.54, 1.807) is 19.1 Å². The minimum atomic E-state index is -0.322. The van der Waals surface area contributed by atoms with Gasteiger partial charge in [-0.25, -0.2) is 9.37 Å². The Bertz CT molecular complexity index is 906. The molecule has 3 heterocycles. The summed E-state index contributed by atoms with van der Waals surface area (Å²) in [7, 11) is 0. The quantitative estimate of drug-likeness (QED) is 0.773. The van der Waals surface area contributed by atoms with Gasteiger partial charge in [0.15, 0.2) is 0 Å². The summed E-state index contributed by atoms with van der Waals surface area (Å²) < 4.78 is 16.1. The lowest BCUT2D eigenvalue weighted by Crippen LogP contribution is -2.38. The molecule has 0 spiro atoms. The number of rotatable bonds is 3. The summed E-state index contributed by atoms with van der Waals surface area (Å²) in [5.41, 5.74) is 0.591. The van der Waals surface area contributed by atoms with Gasteiger partial charge in [-0.2, -0.15) is 4.52 Å². The van der Waals surface area contributed by atoms with Crippen molar-refractivity contribution in [3.63, 3.8) is 0 Å². The summed E-state index contributed by atoms with van der Waals surface area (Å²) in [6, 6.07) is 6.50. The van der Waals surface area contributed by atoms with E-state index in [9.17, 15) is 9.50 Å². The van der Waals surface area contributed by atoms with E-state index in [1.807, 2.05) is 6.07 Å². The zero-order valence-electron chi connectivity index (χ0n) is 14.3. The van der Waals surface area contributed by atoms with E-state index >= 15 is 0 Å². The Morgan fingerprint density at radius 3 is 2.88 bits per heavy atom. The number of piperidine rings is 1. The lowest BCUT2D eigenvalue weighted by Gasteiger charge is -2.37. The van der Waals surface area contributed by atoms with Crippen molar-refractivity contribution in [2.45, 2.75) is 32.7 Å². The third kappa shape index (κ3) is 2.91. The molecular weight excluding hydrogens is 339 g/mol. The molecule has 0 aliphatic carbocycles. The fraction of sp³-hybridized carbons (Fsp3) is 0.444. The lowest BCUT2D eigenvalue weighted by molar-refractivity contribution is 0.147. The summed E-state index contributed by atoms with van der Waals surface area (Å²) >= 11 is 1.38. The molecule has 7 heteroatoms. The van der Waals surface area contributed by atoms with Gasteiger partial charge in [0.05, 0.1) is 10.9 Å². The summed E-state index contributed by atoms with van der Waals surface area (Å²) in [4.78, 5) is 7.96. The van der Waals surface area contributed by atoms with Gasteiger partial charge in [-0.3, -0.25) is 4.90 Å². The molecule has 1 saturated heterocycles. The molecule has 0 saturated carbocycles. The van der Waals surface area contributed by atoms with Crippen LogP contribution in [0.1, 0.15) is 42.1 Å². The van der Waals surface area contributed by atoms with E-state index in [2.05, 4.69) is 21.9 Å². The van der Waals surface area contributed by atoms with Crippen LogP contribution in [0.4, 0.5) is 4.39 Å². The number of benzene rings is 1. The number of likely N-dealkylation sites (tertiary alicyclic amines) is 1. The Hall–Kier alpha value is -1.99. The number of aromatic hydroxyl groups is 1. The Labute approximate surface area is 149 Å². The maximum atomic E-state index is 14.6. The Morgan fingerprint density at radius 2 is 2.16 bits per heavy atom. The highest BCUT2D eigenvalue weighted by Gasteiger charge is 2.33. The van der Waals surface area contributed by atoms with E-state index in [0.717, 1.165) is 19.5 Å². The molecule has 132 valence electrons. The average Bonchev–Trinajstić information content (AvgIpc) is 3.08. The van der Waals surface area contributed by atoms with Gasteiger partial charge >= 0.3 is 0 Å². The molecule has 1 N–H and O–H groups in total. The predicted octanol–water partition coefficient (Wildman–Crippen LogP) is 3.77. The van der Waals surface area contributed by atoms with Gasteiger partial charge in [-0.15, -0.1) is 5.10 Å². The van der Waals surface area contributed by atoms with E-state index in [4.69, 9.17) is 0 Å². The van der Waals surface area contributed by atoms with Crippen LogP contribution in [0.5, 0.6) is 5.88 Å². The molecule has 25 heavy (non-hydrogen) atoms. The van der Waals surface area contributed by atoms with Gasteiger partial charge in [0, 0.05) is 12.1 Å². The first-order valence-electron chi connectivity index (χ1n) is 8.58. The predicted molar refractivity (Wildman–Crippen MR) is 95.5 cm³/mol. The largest absolute Gasteiger partial charge is 0.492 e. The van der Waals surface area contributed by atoms with Gasteiger partial charge in [-0.1, -0.05) is 36.5 Å². The van der Waals surface area contributed by atoms with E-state index in [1.165, 1.54) is 28.3 Å². The van der Waals surface area contributed by atoms with Crippen LogP contribution >= 0.6 is 11.3 Å². The second kappa shape index (κ2) is 6.38. The fourth-order valence-corrected chi connectivity index (χ4v) is 4.84. The molecule has 2 unspecified atom stereocenters. The first-order valence-corrected chi connectivity index (χ1v) is 9.39. The Kier molecular flexibility index (Phi) is 4.21. The van der Waals surface area contributed by atoms with E-state index in [0.29, 0.717) is 27.1 Å².